The molecule has 0 aliphatic carbocycles. The summed E-state index contributed by atoms with van der Waals surface area (Å²) in [6, 6.07) is 6.49. The number of rotatable bonds is 3. The highest BCUT2D eigenvalue weighted by Gasteiger charge is 2.29. The number of hydrogen-bond acceptors (Lipinski definition) is 4. The summed E-state index contributed by atoms with van der Waals surface area (Å²) in [5.74, 6) is 0.0839. The minimum absolute atomic E-state index is 0.0839. The molecule has 1 N–H and O–H groups in total. The van der Waals surface area contributed by atoms with Crippen LogP contribution >= 0.6 is 0 Å². The third-order valence-electron chi connectivity index (χ3n) is 4.28. The second-order valence-corrected chi connectivity index (χ2v) is 7.72. The van der Waals surface area contributed by atoms with Crippen molar-refractivity contribution in [3.63, 3.8) is 0 Å². The van der Waals surface area contributed by atoms with Crippen LogP contribution in [0.1, 0.15) is 25.7 Å². The van der Waals surface area contributed by atoms with E-state index in [0.29, 0.717) is 38.9 Å². The van der Waals surface area contributed by atoms with E-state index in [-0.39, 0.29) is 10.8 Å². The van der Waals surface area contributed by atoms with Crippen molar-refractivity contribution in [1.29, 1.82) is 0 Å². The third kappa shape index (κ3) is 2.88. The van der Waals surface area contributed by atoms with Crippen LogP contribution in [0.2, 0.25) is 0 Å². The van der Waals surface area contributed by atoms with E-state index in [1.54, 1.807) is 29.2 Å². The van der Waals surface area contributed by atoms with Crippen molar-refractivity contribution in [3.05, 3.63) is 24.3 Å². The van der Waals surface area contributed by atoms with Gasteiger partial charge < -0.3 is 10.0 Å². The maximum atomic E-state index is 12.6. The van der Waals surface area contributed by atoms with E-state index in [1.165, 1.54) is 4.31 Å². The molecule has 2 fully saturated rings. The highest BCUT2D eigenvalue weighted by atomic mass is 32.2. The molecule has 2 heterocycles. The van der Waals surface area contributed by atoms with Gasteiger partial charge in [-0.15, -0.1) is 0 Å². The van der Waals surface area contributed by atoms with Crippen molar-refractivity contribution in [3.8, 4) is 0 Å². The fraction of sp³-hybridized carbons (Fsp3) is 0.533. The van der Waals surface area contributed by atoms with Gasteiger partial charge in [0.15, 0.2) is 0 Å². The molecular formula is C15H20N2O4S. The zero-order chi connectivity index (χ0) is 15.7. The number of anilines is 1. The lowest BCUT2D eigenvalue weighted by molar-refractivity contribution is -0.117. The minimum atomic E-state index is -3.52. The molecule has 0 unspecified atom stereocenters. The Kier molecular flexibility index (Phi) is 4.20. The van der Waals surface area contributed by atoms with Crippen LogP contribution in [0.4, 0.5) is 5.69 Å². The molecule has 0 radical (unpaired) electrons. The molecule has 7 heteroatoms. The SMILES string of the molecule is O=C1CCCN1c1ccc(S(=O)(=O)N2CCC(O)CC2)cc1. The van der Waals surface area contributed by atoms with Gasteiger partial charge in [0.1, 0.15) is 0 Å². The number of hydrogen-bond donors (Lipinski definition) is 1. The van der Waals surface area contributed by atoms with E-state index in [4.69, 9.17) is 0 Å². The van der Waals surface area contributed by atoms with Crippen LogP contribution in [-0.4, -0.2) is 49.5 Å². The van der Waals surface area contributed by atoms with E-state index < -0.39 is 16.1 Å². The summed E-state index contributed by atoms with van der Waals surface area (Å²) >= 11 is 0. The fourth-order valence-electron chi connectivity index (χ4n) is 2.95. The molecule has 0 aromatic heterocycles. The van der Waals surface area contributed by atoms with E-state index >= 15 is 0 Å². The summed E-state index contributed by atoms with van der Waals surface area (Å²) in [5.41, 5.74) is 0.746. The number of sulfonamides is 1. The Morgan fingerprint density at radius 3 is 2.23 bits per heavy atom. The van der Waals surface area contributed by atoms with Crippen molar-refractivity contribution in [2.45, 2.75) is 36.7 Å². The molecule has 0 saturated carbocycles. The van der Waals surface area contributed by atoms with E-state index in [9.17, 15) is 18.3 Å². The van der Waals surface area contributed by atoms with Crippen LogP contribution in [0.5, 0.6) is 0 Å². The Bertz CT molecular complexity index is 649. The van der Waals surface area contributed by atoms with Crippen molar-refractivity contribution >= 4 is 21.6 Å². The van der Waals surface area contributed by atoms with Crippen molar-refractivity contribution in [2.75, 3.05) is 24.5 Å². The molecule has 6 nitrogen and oxygen atoms in total. The summed E-state index contributed by atoms with van der Waals surface area (Å²) in [5, 5.41) is 9.49. The van der Waals surface area contributed by atoms with Gasteiger partial charge in [0, 0.05) is 31.7 Å². The predicted molar refractivity (Wildman–Crippen MR) is 82.0 cm³/mol. The normalized spacial score (nSPS) is 21.5. The summed E-state index contributed by atoms with van der Waals surface area (Å²) in [6.07, 6.45) is 1.93. The molecule has 1 aromatic carbocycles. The highest BCUT2D eigenvalue weighted by molar-refractivity contribution is 7.89. The van der Waals surface area contributed by atoms with Crippen LogP contribution in [0, 0.1) is 0 Å². The maximum absolute atomic E-state index is 12.6. The second kappa shape index (κ2) is 5.98. The van der Waals surface area contributed by atoms with E-state index in [2.05, 4.69) is 0 Å². The Labute approximate surface area is 130 Å². The van der Waals surface area contributed by atoms with Crippen molar-refractivity contribution in [1.82, 2.24) is 4.31 Å². The van der Waals surface area contributed by atoms with Gasteiger partial charge in [0.05, 0.1) is 11.0 Å². The summed E-state index contributed by atoms with van der Waals surface area (Å²) < 4.78 is 26.5. The maximum Gasteiger partial charge on any atom is 0.243 e. The monoisotopic (exact) mass is 324 g/mol. The Morgan fingerprint density at radius 1 is 1.05 bits per heavy atom. The van der Waals surface area contributed by atoms with Crippen molar-refractivity contribution in [2.24, 2.45) is 0 Å². The van der Waals surface area contributed by atoms with Gasteiger partial charge in [0.2, 0.25) is 15.9 Å². The zero-order valence-electron chi connectivity index (χ0n) is 12.3. The number of carbonyl (C=O) groups is 1. The van der Waals surface area contributed by atoms with E-state index in [0.717, 1.165) is 12.1 Å². The van der Waals surface area contributed by atoms with Gasteiger partial charge in [-0.3, -0.25) is 4.79 Å². The van der Waals surface area contributed by atoms with Crippen LogP contribution in [-0.2, 0) is 14.8 Å². The average Bonchev–Trinajstić information content (AvgIpc) is 2.94. The van der Waals surface area contributed by atoms with Gasteiger partial charge in [0.25, 0.3) is 0 Å². The zero-order valence-corrected chi connectivity index (χ0v) is 13.1. The Balaban J connectivity index is 1.78. The lowest BCUT2D eigenvalue weighted by Crippen LogP contribution is -2.40. The number of carbonyl (C=O) groups excluding carboxylic acids is 1. The molecule has 1 aromatic rings. The molecule has 0 spiro atoms. The number of aliphatic hydroxyl groups excluding tert-OH is 1. The first-order valence-electron chi connectivity index (χ1n) is 7.57. The van der Waals surface area contributed by atoms with Gasteiger partial charge in [-0.25, -0.2) is 8.42 Å². The van der Waals surface area contributed by atoms with Crippen LogP contribution in [0.3, 0.4) is 0 Å². The van der Waals surface area contributed by atoms with Gasteiger partial charge in [-0.1, -0.05) is 0 Å². The molecule has 0 bridgehead atoms. The third-order valence-corrected chi connectivity index (χ3v) is 6.20. The summed E-state index contributed by atoms with van der Waals surface area (Å²) in [7, 11) is -3.52. The molecular weight excluding hydrogens is 304 g/mol. The lowest BCUT2D eigenvalue weighted by atomic mass is 10.1. The number of benzene rings is 1. The van der Waals surface area contributed by atoms with Crippen LogP contribution in [0.15, 0.2) is 29.2 Å². The molecule has 1 amide bonds. The first-order chi connectivity index (χ1) is 10.5. The molecule has 2 aliphatic heterocycles. The molecule has 3 rings (SSSR count). The van der Waals surface area contributed by atoms with E-state index in [1.807, 2.05) is 0 Å². The molecule has 120 valence electrons. The number of aliphatic hydroxyl groups is 1. The molecule has 0 atom stereocenters. The summed E-state index contributed by atoms with van der Waals surface area (Å²) in [6.45, 7) is 1.38. The first kappa shape index (κ1) is 15.5. The topological polar surface area (TPSA) is 77.9 Å². The quantitative estimate of drug-likeness (QED) is 0.898. The minimum Gasteiger partial charge on any atom is -0.393 e. The molecule has 2 aliphatic rings. The highest BCUT2D eigenvalue weighted by Crippen LogP contribution is 2.25. The van der Waals surface area contributed by atoms with Gasteiger partial charge in [-0.05, 0) is 43.5 Å². The van der Waals surface area contributed by atoms with Crippen LogP contribution in [0.25, 0.3) is 0 Å². The Morgan fingerprint density at radius 2 is 1.68 bits per heavy atom. The van der Waals surface area contributed by atoms with Crippen LogP contribution < -0.4 is 4.90 Å². The van der Waals surface area contributed by atoms with Gasteiger partial charge in [-0.2, -0.15) is 4.31 Å². The van der Waals surface area contributed by atoms with Crippen molar-refractivity contribution < 1.29 is 18.3 Å². The first-order valence-corrected chi connectivity index (χ1v) is 9.01. The predicted octanol–water partition coefficient (Wildman–Crippen LogP) is 0.959. The second-order valence-electron chi connectivity index (χ2n) is 5.78. The number of nitrogens with zero attached hydrogens (tertiary/aromatic N) is 2. The number of amides is 1. The standard InChI is InChI=1S/C15H20N2O4S/c18-13-7-10-16(11-8-13)22(20,21)14-5-3-12(4-6-14)17-9-1-2-15(17)19/h3-6,13,18H,1-2,7-11H2. The largest absolute Gasteiger partial charge is 0.393 e. The molecule has 2 saturated heterocycles. The average molecular weight is 324 g/mol. The molecule has 22 heavy (non-hydrogen) atoms. The number of piperidine rings is 1. The lowest BCUT2D eigenvalue weighted by Gasteiger charge is -2.28. The Hall–Kier alpha value is -1.44. The summed E-state index contributed by atoms with van der Waals surface area (Å²) in [4.78, 5) is 13.6. The fourth-order valence-corrected chi connectivity index (χ4v) is 4.42. The smallest absolute Gasteiger partial charge is 0.243 e. The van der Waals surface area contributed by atoms with Gasteiger partial charge >= 0.3 is 0 Å².